The number of esters is 1. The van der Waals surface area contributed by atoms with Crippen LogP contribution in [-0.4, -0.2) is 29.9 Å². The third-order valence-corrected chi connectivity index (χ3v) is 4.50. The van der Waals surface area contributed by atoms with E-state index in [-0.39, 0.29) is 12.3 Å². The summed E-state index contributed by atoms with van der Waals surface area (Å²) < 4.78 is 4.57. The van der Waals surface area contributed by atoms with Crippen molar-refractivity contribution >= 4 is 34.3 Å². The summed E-state index contributed by atoms with van der Waals surface area (Å²) in [6.45, 7) is 1.79. The van der Waals surface area contributed by atoms with Crippen LogP contribution in [0.5, 0.6) is 0 Å². The lowest BCUT2D eigenvalue weighted by atomic mass is 9.73. The molecule has 1 N–H and O–H groups in total. The van der Waals surface area contributed by atoms with E-state index < -0.39 is 23.8 Å². The Hall–Kier alpha value is -1.96. The fraction of sp³-hybridized carbons (Fsp3) is 0.538. The number of rotatable bonds is 5. The van der Waals surface area contributed by atoms with Gasteiger partial charge in [-0.15, -0.1) is 11.3 Å². The predicted octanol–water partition coefficient (Wildman–Crippen LogP) is -0.118. The van der Waals surface area contributed by atoms with Gasteiger partial charge in [0.05, 0.1) is 19.2 Å². The fourth-order valence-corrected chi connectivity index (χ4v) is 2.98. The van der Waals surface area contributed by atoms with Crippen LogP contribution in [-0.2, 0) is 25.5 Å². The highest BCUT2D eigenvalue weighted by Gasteiger charge is 2.37. The molecule has 1 amide bonds. The Balaban J connectivity index is 2.00. The molecule has 0 spiro atoms. The van der Waals surface area contributed by atoms with Crippen molar-refractivity contribution in [2.45, 2.75) is 26.2 Å². The number of carbonyl (C=O) groups is 3. The van der Waals surface area contributed by atoms with Gasteiger partial charge < -0.3 is 20.0 Å². The molecular formula is C13H15N2O5S-. The van der Waals surface area contributed by atoms with Crippen molar-refractivity contribution in [1.82, 2.24) is 4.98 Å². The van der Waals surface area contributed by atoms with Gasteiger partial charge in [0.25, 0.3) is 0 Å². The van der Waals surface area contributed by atoms with Crippen LogP contribution in [0.3, 0.4) is 0 Å². The zero-order valence-electron chi connectivity index (χ0n) is 11.7. The number of carbonyl (C=O) groups excluding carboxylic acids is 3. The van der Waals surface area contributed by atoms with Crippen LogP contribution in [0, 0.1) is 18.8 Å². The molecule has 2 rings (SSSR count). The topological polar surface area (TPSA) is 108 Å². The summed E-state index contributed by atoms with van der Waals surface area (Å²) in [5, 5.41) is 13.8. The van der Waals surface area contributed by atoms with Gasteiger partial charge in [0.15, 0.2) is 5.13 Å². The van der Waals surface area contributed by atoms with Crippen molar-refractivity contribution in [2.24, 2.45) is 11.8 Å². The normalized spacial score (nSPS) is 20.5. The third-order valence-electron chi connectivity index (χ3n) is 3.58. The first-order valence-electron chi connectivity index (χ1n) is 6.47. The Labute approximate surface area is 125 Å². The second-order valence-corrected chi connectivity index (χ2v) is 6.08. The van der Waals surface area contributed by atoms with Crippen LogP contribution in [0.1, 0.15) is 23.4 Å². The number of nitrogens with one attached hydrogen (secondary N) is 1. The molecule has 8 heteroatoms. The number of nitrogens with zero attached hydrogens (tertiary/aromatic N) is 1. The molecule has 2 atom stereocenters. The molecule has 0 aliphatic heterocycles. The van der Waals surface area contributed by atoms with E-state index in [0.717, 1.165) is 4.88 Å². The van der Waals surface area contributed by atoms with Gasteiger partial charge >= 0.3 is 5.97 Å². The van der Waals surface area contributed by atoms with E-state index >= 15 is 0 Å². The number of hydrogen-bond acceptors (Lipinski definition) is 7. The van der Waals surface area contributed by atoms with Crippen molar-refractivity contribution in [2.75, 3.05) is 12.4 Å². The fourth-order valence-electron chi connectivity index (χ4n) is 2.15. The predicted molar refractivity (Wildman–Crippen MR) is 72.4 cm³/mol. The summed E-state index contributed by atoms with van der Waals surface area (Å²) in [6, 6.07) is 0. The molecule has 7 nitrogen and oxygen atoms in total. The number of thiazole rings is 1. The van der Waals surface area contributed by atoms with Gasteiger partial charge in [0, 0.05) is 22.7 Å². The third kappa shape index (κ3) is 3.38. The van der Waals surface area contributed by atoms with Gasteiger partial charge in [-0.05, 0) is 19.8 Å². The van der Waals surface area contributed by atoms with E-state index in [1.54, 1.807) is 6.92 Å². The number of carboxylic acid groups (broad SMARTS) is 1. The Kier molecular flexibility index (Phi) is 4.56. The lowest BCUT2D eigenvalue weighted by Crippen LogP contribution is -2.46. The molecule has 0 saturated heterocycles. The smallest absolute Gasteiger partial charge is 0.311 e. The molecule has 1 saturated carbocycles. The zero-order chi connectivity index (χ0) is 15.6. The monoisotopic (exact) mass is 311 g/mol. The second kappa shape index (κ2) is 6.21. The van der Waals surface area contributed by atoms with Crippen molar-refractivity contribution in [1.29, 1.82) is 0 Å². The quantitative estimate of drug-likeness (QED) is 0.760. The highest BCUT2D eigenvalue weighted by Crippen LogP contribution is 2.35. The van der Waals surface area contributed by atoms with Gasteiger partial charge in [-0.3, -0.25) is 9.59 Å². The minimum absolute atomic E-state index is 0.0415. The van der Waals surface area contributed by atoms with Crippen LogP contribution in [0.15, 0.2) is 0 Å². The molecule has 1 aliphatic rings. The van der Waals surface area contributed by atoms with E-state index in [2.05, 4.69) is 15.0 Å². The van der Waals surface area contributed by atoms with E-state index in [0.29, 0.717) is 23.7 Å². The maximum Gasteiger partial charge on any atom is 0.311 e. The van der Waals surface area contributed by atoms with Crippen molar-refractivity contribution in [3.8, 4) is 0 Å². The van der Waals surface area contributed by atoms with Crippen LogP contribution < -0.4 is 10.4 Å². The van der Waals surface area contributed by atoms with Crippen molar-refractivity contribution < 1.29 is 24.2 Å². The number of hydrogen-bond donors (Lipinski definition) is 1. The minimum Gasteiger partial charge on any atom is -0.550 e. The van der Waals surface area contributed by atoms with Gasteiger partial charge in [-0.1, -0.05) is 0 Å². The molecule has 0 aromatic carbocycles. The number of methoxy groups -OCH3 is 1. The first-order valence-corrected chi connectivity index (χ1v) is 7.29. The molecule has 0 unspecified atom stereocenters. The van der Waals surface area contributed by atoms with Gasteiger partial charge in [0.1, 0.15) is 0 Å². The average molecular weight is 311 g/mol. The first-order chi connectivity index (χ1) is 9.92. The molecule has 1 heterocycles. The number of aromatic nitrogens is 1. The lowest BCUT2D eigenvalue weighted by molar-refractivity contribution is -0.316. The number of anilines is 1. The molecule has 1 aliphatic carbocycles. The summed E-state index contributed by atoms with van der Waals surface area (Å²) in [5.74, 6) is -3.25. The first kappa shape index (κ1) is 15.4. The number of amides is 1. The van der Waals surface area contributed by atoms with E-state index in [1.807, 2.05) is 0 Å². The largest absolute Gasteiger partial charge is 0.550 e. The van der Waals surface area contributed by atoms with Crippen LogP contribution in [0.4, 0.5) is 5.13 Å². The van der Waals surface area contributed by atoms with Gasteiger partial charge in [-0.25, -0.2) is 4.98 Å². The number of aliphatic carboxylic acids is 1. The second-order valence-electron chi connectivity index (χ2n) is 4.87. The molecule has 0 bridgehead atoms. The van der Waals surface area contributed by atoms with E-state index in [9.17, 15) is 19.5 Å². The van der Waals surface area contributed by atoms with E-state index in [1.165, 1.54) is 18.4 Å². The number of aryl methyl sites for hydroxylation is 1. The molecule has 21 heavy (non-hydrogen) atoms. The SMILES string of the molecule is COC(=O)Cc1nc(NC(=O)[C@@H]2CC[C@@H]2C(=O)[O-])sc1C. The van der Waals surface area contributed by atoms with Crippen molar-refractivity contribution in [3.05, 3.63) is 10.6 Å². The van der Waals surface area contributed by atoms with Crippen LogP contribution >= 0.6 is 11.3 Å². The average Bonchev–Trinajstić information content (AvgIpc) is 2.66. The number of carboxylic acids is 1. The summed E-state index contributed by atoms with van der Waals surface area (Å²) in [5.41, 5.74) is 0.548. The lowest BCUT2D eigenvalue weighted by Gasteiger charge is -2.35. The molecule has 0 radical (unpaired) electrons. The molecule has 1 fully saturated rings. The van der Waals surface area contributed by atoms with Gasteiger partial charge in [0.2, 0.25) is 5.91 Å². The van der Waals surface area contributed by atoms with Crippen molar-refractivity contribution in [3.63, 3.8) is 0 Å². The molecule has 1 aromatic heterocycles. The Morgan fingerprint density at radius 2 is 2.05 bits per heavy atom. The maximum atomic E-state index is 12.0. The highest BCUT2D eigenvalue weighted by molar-refractivity contribution is 7.15. The standard InChI is InChI=1S/C13H16N2O5S/c1-6-9(5-10(16)20-2)14-13(21-6)15-11(17)7-3-4-8(7)12(18)19/h7-8H,3-5H2,1-2H3,(H,18,19)(H,14,15,17)/p-1/t7-,8+/m1/s1. The zero-order valence-corrected chi connectivity index (χ0v) is 12.5. The van der Waals surface area contributed by atoms with Crippen LogP contribution in [0.25, 0.3) is 0 Å². The summed E-state index contributed by atoms with van der Waals surface area (Å²) in [6.07, 6.45) is 1.04. The summed E-state index contributed by atoms with van der Waals surface area (Å²) in [4.78, 5) is 39.0. The molecular weight excluding hydrogens is 296 g/mol. The Bertz CT molecular complexity index is 583. The van der Waals surface area contributed by atoms with E-state index in [4.69, 9.17) is 0 Å². The highest BCUT2D eigenvalue weighted by atomic mass is 32.1. The molecule has 1 aromatic rings. The Morgan fingerprint density at radius 3 is 2.57 bits per heavy atom. The van der Waals surface area contributed by atoms with Crippen LogP contribution in [0.2, 0.25) is 0 Å². The maximum absolute atomic E-state index is 12.0. The minimum atomic E-state index is -1.19. The summed E-state index contributed by atoms with van der Waals surface area (Å²) in [7, 11) is 1.30. The number of ether oxygens (including phenoxy) is 1. The Morgan fingerprint density at radius 1 is 1.38 bits per heavy atom. The molecule has 114 valence electrons. The summed E-state index contributed by atoms with van der Waals surface area (Å²) >= 11 is 1.24. The van der Waals surface area contributed by atoms with Gasteiger partial charge in [-0.2, -0.15) is 0 Å².